The summed E-state index contributed by atoms with van der Waals surface area (Å²) in [5, 5.41) is 25.1. The van der Waals surface area contributed by atoms with E-state index in [2.05, 4.69) is 0 Å². The molecule has 2 aliphatic carbocycles. The molecule has 13 nitrogen and oxygen atoms in total. The lowest BCUT2D eigenvalue weighted by atomic mass is 9.51. The normalized spacial score (nSPS) is 46.7. The lowest BCUT2D eigenvalue weighted by molar-refractivity contribution is -0.240. The van der Waals surface area contributed by atoms with Crippen molar-refractivity contribution in [1.29, 1.82) is 0 Å². The Bertz CT molecular complexity index is 1510. The molecule has 0 radical (unpaired) electrons. The highest BCUT2D eigenvalue weighted by Gasteiger charge is 3.05. The monoisotopic (exact) mass is 641 g/mol. The minimum Gasteiger partial charge on any atom is -0.456 e. The second-order valence-corrected chi connectivity index (χ2v) is 15.0. The minimum atomic E-state index is -2.42. The molecule has 1 aromatic rings. The molecule has 248 valence electrons. The number of amides is 1. The molecule has 1 amide bonds. The number of nitrogens with zero attached hydrogens (tertiary/aromatic N) is 1. The SMILES string of the molecule is C[C@@H]1C(=O)OC2[C@H](O)C34C5OC(=O)C3(OC3OC(=O)[C@H](OCc6ccccc6)C34[C@H](C(C)(C)C)[C@H]5OC(=O)N3CCCCC3)[C@]21O. The van der Waals surface area contributed by atoms with E-state index in [-0.39, 0.29) is 6.61 Å². The number of fused-ring (bicyclic) bond motifs is 1. The summed E-state index contributed by atoms with van der Waals surface area (Å²) in [6, 6.07) is 9.14. The average molecular weight is 642 g/mol. The van der Waals surface area contributed by atoms with E-state index in [9.17, 15) is 29.4 Å². The highest BCUT2D eigenvalue weighted by atomic mass is 16.8. The summed E-state index contributed by atoms with van der Waals surface area (Å²) in [6.07, 6.45) is -7.03. The van der Waals surface area contributed by atoms with Crippen molar-refractivity contribution < 1.29 is 57.8 Å². The lowest BCUT2D eigenvalue weighted by Crippen LogP contribution is -2.67. The van der Waals surface area contributed by atoms with Crippen molar-refractivity contribution in [3.63, 3.8) is 0 Å². The molecule has 13 heteroatoms. The predicted octanol–water partition coefficient (Wildman–Crippen LogP) is 1.46. The Labute approximate surface area is 265 Å². The maximum absolute atomic E-state index is 14.4. The molecule has 5 saturated heterocycles. The first kappa shape index (κ1) is 30.1. The number of hydrogen-bond acceptors (Lipinski definition) is 12. The van der Waals surface area contributed by atoms with Gasteiger partial charge >= 0.3 is 24.0 Å². The van der Waals surface area contributed by atoms with Gasteiger partial charge in [-0.1, -0.05) is 51.1 Å². The Morgan fingerprint density at radius 3 is 2.37 bits per heavy atom. The van der Waals surface area contributed by atoms with Gasteiger partial charge in [0.2, 0.25) is 11.9 Å². The first-order chi connectivity index (χ1) is 21.8. The zero-order valence-electron chi connectivity index (χ0n) is 26.2. The van der Waals surface area contributed by atoms with Crippen molar-refractivity contribution in [3.8, 4) is 0 Å². The van der Waals surface area contributed by atoms with Crippen molar-refractivity contribution in [2.75, 3.05) is 13.1 Å². The maximum Gasteiger partial charge on any atom is 0.410 e. The summed E-state index contributed by atoms with van der Waals surface area (Å²) in [7, 11) is 0. The fourth-order valence-corrected chi connectivity index (χ4v) is 10.6. The number of esters is 3. The lowest BCUT2D eigenvalue weighted by Gasteiger charge is -2.48. The van der Waals surface area contributed by atoms with E-state index in [1.54, 1.807) is 4.90 Å². The number of likely N-dealkylation sites (tertiary alicyclic amines) is 1. The van der Waals surface area contributed by atoms with Crippen LogP contribution in [0.2, 0.25) is 0 Å². The molecule has 7 aliphatic rings. The molecule has 8 rings (SSSR count). The number of carbonyl (C=O) groups excluding carboxylic acids is 4. The third kappa shape index (κ3) is 3.11. The van der Waals surface area contributed by atoms with E-state index in [4.69, 9.17) is 28.4 Å². The third-order valence-electron chi connectivity index (χ3n) is 12.0. The molecular formula is C33H39NO12. The summed E-state index contributed by atoms with van der Waals surface area (Å²) in [5.74, 6) is -4.87. The van der Waals surface area contributed by atoms with Crippen molar-refractivity contribution in [2.45, 2.75) is 102 Å². The van der Waals surface area contributed by atoms with E-state index in [1.165, 1.54) is 6.92 Å². The molecule has 12 atom stereocenters. The van der Waals surface area contributed by atoms with Crippen LogP contribution >= 0.6 is 0 Å². The number of hydrogen-bond donors (Lipinski definition) is 2. The largest absolute Gasteiger partial charge is 0.456 e. The second-order valence-electron chi connectivity index (χ2n) is 15.0. The van der Waals surface area contributed by atoms with Crippen molar-refractivity contribution >= 4 is 24.0 Å². The number of aliphatic hydroxyl groups is 2. The molecule has 0 aromatic heterocycles. The van der Waals surface area contributed by atoms with Crippen LogP contribution < -0.4 is 0 Å². The molecule has 0 bridgehead atoms. The van der Waals surface area contributed by atoms with Crippen molar-refractivity contribution in [3.05, 3.63) is 35.9 Å². The number of rotatable bonds is 4. The van der Waals surface area contributed by atoms with Gasteiger partial charge in [-0.05, 0) is 37.2 Å². The van der Waals surface area contributed by atoms with Crippen LogP contribution in [0.4, 0.5) is 4.79 Å². The Balaban J connectivity index is 1.36. The first-order valence-corrected chi connectivity index (χ1v) is 16.1. The van der Waals surface area contributed by atoms with Gasteiger partial charge in [0, 0.05) is 19.0 Å². The van der Waals surface area contributed by atoms with Crippen LogP contribution in [-0.4, -0.2) is 100 Å². The van der Waals surface area contributed by atoms with E-state index in [0.29, 0.717) is 13.1 Å². The Kier molecular flexibility index (Phi) is 6.17. The molecule has 6 unspecified atom stereocenters. The summed E-state index contributed by atoms with van der Waals surface area (Å²) in [5.41, 5.74) is -8.63. The van der Waals surface area contributed by atoms with E-state index in [1.807, 2.05) is 51.1 Å². The smallest absolute Gasteiger partial charge is 0.410 e. The zero-order chi connectivity index (χ0) is 32.6. The van der Waals surface area contributed by atoms with Gasteiger partial charge in [-0.2, -0.15) is 0 Å². The van der Waals surface area contributed by atoms with Gasteiger partial charge in [-0.15, -0.1) is 0 Å². The maximum atomic E-state index is 14.4. The Hall–Kier alpha value is -3.26. The fourth-order valence-electron chi connectivity index (χ4n) is 10.6. The molecule has 2 saturated carbocycles. The molecule has 2 N–H and O–H groups in total. The van der Waals surface area contributed by atoms with Gasteiger partial charge in [0.25, 0.3) is 0 Å². The first-order valence-electron chi connectivity index (χ1n) is 16.1. The standard InChI is InChI=1S/C33H39NO12/c1-16-24(36)43-22-20(35)31-21-18(42-28(39)34-13-9-6-10-14-34)19(29(2,3)4)30(31)23(41-15-17-11-7-5-8-12-17)25(37)45-27(30)46-33(31,26(38)44-21)32(16,22)40/h5,7-8,11-12,16,18-23,27,35,40H,6,9-10,13-15H2,1-4H3/t16-,18-,19+,20+,21?,22?,23+,27?,30?,31?,32-,33?/m1/s1. The van der Waals surface area contributed by atoms with Gasteiger partial charge in [0.15, 0.2) is 23.9 Å². The molecular weight excluding hydrogens is 602 g/mol. The molecule has 7 fully saturated rings. The number of benzene rings is 1. The highest BCUT2D eigenvalue weighted by molar-refractivity contribution is 5.94. The Morgan fingerprint density at radius 2 is 1.70 bits per heavy atom. The molecule has 1 aromatic carbocycles. The van der Waals surface area contributed by atoms with Crippen molar-refractivity contribution in [2.24, 2.45) is 28.1 Å². The Morgan fingerprint density at radius 1 is 1.00 bits per heavy atom. The number of piperidine rings is 1. The number of ether oxygens (including phenoxy) is 6. The summed E-state index contributed by atoms with van der Waals surface area (Å²) in [4.78, 5) is 56.6. The van der Waals surface area contributed by atoms with Gasteiger partial charge < -0.3 is 43.5 Å². The molecule has 5 heterocycles. The second kappa shape index (κ2) is 9.42. The summed E-state index contributed by atoms with van der Waals surface area (Å²) < 4.78 is 36.9. The van der Waals surface area contributed by atoms with Crippen LogP contribution in [0.15, 0.2) is 30.3 Å². The molecule has 2 spiro atoms. The van der Waals surface area contributed by atoms with Crippen LogP contribution in [0.25, 0.3) is 0 Å². The van der Waals surface area contributed by atoms with Crippen LogP contribution in [0, 0.1) is 28.1 Å². The number of carbonyl (C=O) groups is 4. The fraction of sp³-hybridized carbons (Fsp3) is 0.697. The van der Waals surface area contributed by atoms with Gasteiger partial charge in [-0.25, -0.2) is 14.4 Å². The van der Waals surface area contributed by atoms with Crippen molar-refractivity contribution in [1.82, 2.24) is 4.90 Å². The van der Waals surface area contributed by atoms with Crippen LogP contribution in [0.1, 0.15) is 52.5 Å². The molecule has 46 heavy (non-hydrogen) atoms. The van der Waals surface area contributed by atoms with Gasteiger partial charge in [0.05, 0.1) is 23.4 Å². The average Bonchev–Trinajstić information content (AvgIpc) is 3.73. The van der Waals surface area contributed by atoms with Crippen LogP contribution in [0.3, 0.4) is 0 Å². The summed E-state index contributed by atoms with van der Waals surface area (Å²) in [6.45, 7) is 8.01. The zero-order valence-corrected chi connectivity index (χ0v) is 26.2. The van der Waals surface area contributed by atoms with Crippen LogP contribution in [-0.2, 0) is 49.4 Å². The molecule has 5 aliphatic heterocycles. The highest BCUT2D eigenvalue weighted by Crippen LogP contribution is 2.85. The third-order valence-corrected chi connectivity index (χ3v) is 12.0. The predicted molar refractivity (Wildman–Crippen MR) is 152 cm³/mol. The van der Waals surface area contributed by atoms with E-state index in [0.717, 1.165) is 24.8 Å². The summed E-state index contributed by atoms with van der Waals surface area (Å²) >= 11 is 0. The van der Waals surface area contributed by atoms with E-state index < -0.39 is 100 Å². The number of aliphatic hydroxyl groups excluding tert-OH is 1. The topological polar surface area (TPSA) is 167 Å². The minimum absolute atomic E-state index is 0.0398. The van der Waals surface area contributed by atoms with Crippen LogP contribution in [0.5, 0.6) is 0 Å². The van der Waals surface area contributed by atoms with E-state index >= 15 is 0 Å². The van der Waals surface area contributed by atoms with Gasteiger partial charge in [0.1, 0.15) is 12.2 Å². The quantitative estimate of drug-likeness (QED) is 0.359. The van der Waals surface area contributed by atoms with Gasteiger partial charge in [-0.3, -0.25) is 4.79 Å².